The number of nitrogens with one attached hydrogen (secondary N) is 1. The SMILES string of the molecule is CCC(C)C(N)C(=O)Nc1cccnc1Br. The lowest BCUT2D eigenvalue weighted by Gasteiger charge is -2.17. The van der Waals surface area contributed by atoms with Crippen molar-refractivity contribution in [3.63, 3.8) is 0 Å². The van der Waals surface area contributed by atoms with Gasteiger partial charge >= 0.3 is 0 Å². The Balaban J connectivity index is 2.68. The van der Waals surface area contributed by atoms with Crippen molar-refractivity contribution in [2.45, 2.75) is 26.3 Å². The van der Waals surface area contributed by atoms with Crippen molar-refractivity contribution in [3.05, 3.63) is 22.9 Å². The van der Waals surface area contributed by atoms with Gasteiger partial charge < -0.3 is 11.1 Å². The molecule has 0 fully saturated rings. The van der Waals surface area contributed by atoms with Crippen molar-refractivity contribution in [2.24, 2.45) is 11.7 Å². The molecule has 5 heteroatoms. The minimum atomic E-state index is -0.489. The van der Waals surface area contributed by atoms with Gasteiger partial charge in [-0.1, -0.05) is 20.3 Å². The summed E-state index contributed by atoms with van der Waals surface area (Å²) in [7, 11) is 0. The summed E-state index contributed by atoms with van der Waals surface area (Å²) in [5, 5.41) is 2.75. The number of anilines is 1. The zero-order valence-corrected chi connectivity index (χ0v) is 11.0. The average Bonchev–Trinajstić information content (AvgIpc) is 2.30. The van der Waals surface area contributed by atoms with Gasteiger partial charge in [-0.2, -0.15) is 0 Å². The van der Waals surface area contributed by atoms with Crippen LogP contribution in [0.2, 0.25) is 0 Å². The molecule has 0 saturated carbocycles. The molecule has 1 heterocycles. The topological polar surface area (TPSA) is 68.0 Å². The molecule has 0 bridgehead atoms. The molecule has 3 N–H and O–H groups in total. The molecule has 1 amide bonds. The molecule has 0 aliphatic heterocycles. The van der Waals surface area contributed by atoms with E-state index in [0.717, 1.165) is 6.42 Å². The molecule has 2 unspecified atom stereocenters. The summed E-state index contributed by atoms with van der Waals surface area (Å²) in [4.78, 5) is 15.8. The summed E-state index contributed by atoms with van der Waals surface area (Å²) in [6.45, 7) is 3.97. The smallest absolute Gasteiger partial charge is 0.241 e. The van der Waals surface area contributed by atoms with Crippen LogP contribution >= 0.6 is 15.9 Å². The third-order valence-electron chi connectivity index (χ3n) is 2.58. The molecule has 2 atom stereocenters. The molecule has 0 spiro atoms. The second-order valence-corrected chi connectivity index (χ2v) is 4.49. The van der Waals surface area contributed by atoms with Crippen LogP contribution in [0, 0.1) is 5.92 Å². The number of hydrogen-bond donors (Lipinski definition) is 2. The number of carbonyl (C=O) groups is 1. The highest BCUT2D eigenvalue weighted by Crippen LogP contribution is 2.19. The van der Waals surface area contributed by atoms with E-state index in [1.165, 1.54) is 0 Å². The molecule has 0 radical (unpaired) electrons. The first-order valence-corrected chi connectivity index (χ1v) is 6.02. The fourth-order valence-electron chi connectivity index (χ4n) is 1.21. The lowest BCUT2D eigenvalue weighted by atomic mass is 9.99. The Morgan fingerprint density at radius 2 is 2.38 bits per heavy atom. The lowest BCUT2D eigenvalue weighted by Crippen LogP contribution is -2.40. The van der Waals surface area contributed by atoms with E-state index < -0.39 is 6.04 Å². The van der Waals surface area contributed by atoms with Gasteiger partial charge in [0, 0.05) is 6.20 Å². The lowest BCUT2D eigenvalue weighted by molar-refractivity contribution is -0.118. The van der Waals surface area contributed by atoms with Gasteiger partial charge in [0.05, 0.1) is 11.7 Å². The quantitative estimate of drug-likeness (QED) is 0.833. The van der Waals surface area contributed by atoms with Crippen LogP contribution in [0.1, 0.15) is 20.3 Å². The molecule has 88 valence electrons. The second kappa shape index (κ2) is 5.96. The summed E-state index contributed by atoms with van der Waals surface area (Å²) in [5.74, 6) is -0.0153. The predicted octanol–water partition coefficient (Wildman–Crippen LogP) is 2.16. The molecule has 0 aliphatic carbocycles. The predicted molar refractivity (Wildman–Crippen MR) is 68.0 cm³/mol. The zero-order valence-electron chi connectivity index (χ0n) is 9.40. The Hall–Kier alpha value is -0.940. The zero-order chi connectivity index (χ0) is 12.1. The second-order valence-electron chi connectivity index (χ2n) is 3.74. The first kappa shape index (κ1) is 13.1. The Kier molecular flexibility index (Phi) is 4.89. The van der Waals surface area contributed by atoms with E-state index in [1.807, 2.05) is 13.8 Å². The van der Waals surface area contributed by atoms with Gasteiger partial charge in [-0.25, -0.2) is 4.98 Å². The first-order valence-electron chi connectivity index (χ1n) is 5.23. The summed E-state index contributed by atoms with van der Waals surface area (Å²) >= 11 is 3.26. The van der Waals surface area contributed by atoms with Crippen molar-refractivity contribution in [1.29, 1.82) is 0 Å². The van der Waals surface area contributed by atoms with E-state index in [9.17, 15) is 4.79 Å². The largest absolute Gasteiger partial charge is 0.322 e. The minimum absolute atomic E-state index is 0.162. The third-order valence-corrected chi connectivity index (χ3v) is 3.21. The normalized spacial score (nSPS) is 14.2. The van der Waals surface area contributed by atoms with Gasteiger partial charge in [0.1, 0.15) is 4.60 Å². The summed E-state index contributed by atoms with van der Waals surface area (Å²) in [6, 6.07) is 3.05. The number of carbonyl (C=O) groups excluding carboxylic acids is 1. The Labute approximate surface area is 104 Å². The van der Waals surface area contributed by atoms with E-state index in [1.54, 1.807) is 18.3 Å². The van der Waals surface area contributed by atoms with Crippen molar-refractivity contribution >= 4 is 27.5 Å². The highest BCUT2D eigenvalue weighted by atomic mass is 79.9. The maximum atomic E-state index is 11.8. The van der Waals surface area contributed by atoms with Gasteiger partial charge in [0.2, 0.25) is 5.91 Å². The van der Waals surface area contributed by atoms with Gasteiger partial charge in [-0.15, -0.1) is 0 Å². The van der Waals surface area contributed by atoms with Crippen LogP contribution in [0.25, 0.3) is 0 Å². The standard InChI is InChI=1S/C11H16BrN3O/c1-3-7(2)9(13)11(16)15-8-5-4-6-14-10(8)12/h4-7,9H,3,13H2,1-2H3,(H,15,16). The molecule has 1 rings (SSSR count). The number of halogens is 1. The number of rotatable bonds is 4. The van der Waals surface area contributed by atoms with Crippen molar-refractivity contribution in [3.8, 4) is 0 Å². The van der Waals surface area contributed by atoms with E-state index in [-0.39, 0.29) is 11.8 Å². The number of aromatic nitrogens is 1. The molecule has 1 aromatic heterocycles. The summed E-state index contributed by atoms with van der Waals surface area (Å²) < 4.78 is 0.611. The van der Waals surface area contributed by atoms with Crippen LogP contribution in [0.5, 0.6) is 0 Å². The number of amides is 1. The molecule has 0 aliphatic rings. The monoisotopic (exact) mass is 285 g/mol. The first-order chi connectivity index (χ1) is 7.56. The molecule has 0 aromatic carbocycles. The fourth-order valence-corrected chi connectivity index (χ4v) is 1.56. The van der Waals surface area contributed by atoms with Crippen molar-refractivity contribution in [1.82, 2.24) is 4.98 Å². The van der Waals surface area contributed by atoms with Crippen LogP contribution in [-0.4, -0.2) is 16.9 Å². The molecule has 4 nitrogen and oxygen atoms in total. The van der Waals surface area contributed by atoms with E-state index in [4.69, 9.17) is 5.73 Å². The van der Waals surface area contributed by atoms with Gasteiger partial charge in [-0.3, -0.25) is 4.79 Å². The number of nitrogens with zero attached hydrogens (tertiary/aromatic N) is 1. The molecular formula is C11H16BrN3O. The molecule has 1 aromatic rings. The maximum Gasteiger partial charge on any atom is 0.241 e. The highest BCUT2D eigenvalue weighted by molar-refractivity contribution is 9.10. The van der Waals surface area contributed by atoms with Crippen molar-refractivity contribution < 1.29 is 4.79 Å². The van der Waals surface area contributed by atoms with Crippen LogP contribution in [0.3, 0.4) is 0 Å². The number of nitrogens with two attached hydrogens (primary N) is 1. The van der Waals surface area contributed by atoms with Crippen LogP contribution in [0.4, 0.5) is 5.69 Å². The van der Waals surface area contributed by atoms with E-state index in [0.29, 0.717) is 10.3 Å². The molecular weight excluding hydrogens is 270 g/mol. The number of hydrogen-bond acceptors (Lipinski definition) is 3. The Morgan fingerprint density at radius 1 is 1.69 bits per heavy atom. The number of pyridine rings is 1. The van der Waals surface area contributed by atoms with Gasteiger partial charge in [0.15, 0.2) is 0 Å². The maximum absolute atomic E-state index is 11.8. The third kappa shape index (κ3) is 3.28. The van der Waals surface area contributed by atoms with Gasteiger partial charge in [-0.05, 0) is 34.0 Å². The van der Waals surface area contributed by atoms with E-state index in [2.05, 4.69) is 26.2 Å². The Bertz CT molecular complexity index is 370. The summed E-state index contributed by atoms with van der Waals surface area (Å²) in [6.07, 6.45) is 2.52. The molecule has 16 heavy (non-hydrogen) atoms. The molecule has 0 saturated heterocycles. The van der Waals surface area contributed by atoms with Crippen molar-refractivity contribution in [2.75, 3.05) is 5.32 Å². The fraction of sp³-hybridized carbons (Fsp3) is 0.455. The summed E-state index contributed by atoms with van der Waals surface area (Å²) in [5.41, 5.74) is 6.47. The van der Waals surface area contributed by atoms with E-state index >= 15 is 0 Å². The minimum Gasteiger partial charge on any atom is -0.322 e. The van der Waals surface area contributed by atoms with Crippen LogP contribution in [-0.2, 0) is 4.79 Å². The van der Waals surface area contributed by atoms with Crippen LogP contribution in [0.15, 0.2) is 22.9 Å². The Morgan fingerprint density at radius 3 is 2.94 bits per heavy atom. The van der Waals surface area contributed by atoms with Crippen LogP contribution < -0.4 is 11.1 Å². The average molecular weight is 286 g/mol. The van der Waals surface area contributed by atoms with Gasteiger partial charge in [0.25, 0.3) is 0 Å². The highest BCUT2D eigenvalue weighted by Gasteiger charge is 2.19.